The van der Waals surface area contributed by atoms with Crippen LogP contribution in [0, 0.1) is 30.1 Å². The molecule has 1 aliphatic heterocycles. The van der Waals surface area contributed by atoms with Gasteiger partial charge in [0.1, 0.15) is 5.78 Å². The van der Waals surface area contributed by atoms with Crippen LogP contribution in [0.4, 0.5) is 0 Å². The first-order chi connectivity index (χ1) is 15.5. The molecule has 2 N–H and O–H groups in total. The van der Waals surface area contributed by atoms with Gasteiger partial charge in [-0.1, -0.05) is 60.0 Å². The minimum absolute atomic E-state index is 0.00341. The molecule has 0 spiro atoms. The van der Waals surface area contributed by atoms with Gasteiger partial charge in [-0.25, -0.2) is 4.98 Å². The van der Waals surface area contributed by atoms with Gasteiger partial charge >= 0.3 is 0 Å². The summed E-state index contributed by atoms with van der Waals surface area (Å²) in [7, 11) is 0. The zero-order chi connectivity index (χ0) is 25.0. The van der Waals surface area contributed by atoms with Crippen molar-refractivity contribution in [3.8, 4) is 0 Å². The van der Waals surface area contributed by atoms with E-state index in [9.17, 15) is 14.7 Å². The van der Waals surface area contributed by atoms with Crippen LogP contribution in [0.1, 0.15) is 97.2 Å². The van der Waals surface area contributed by atoms with E-state index in [4.69, 9.17) is 0 Å². The number of hydrogen-bond acceptors (Lipinski definition) is 5. The highest BCUT2D eigenvalue weighted by Gasteiger charge is 2.39. The van der Waals surface area contributed by atoms with Gasteiger partial charge in [0.2, 0.25) is 5.91 Å². The number of allylic oxidation sites excluding steroid dienone is 1. The molecule has 1 fully saturated rings. The van der Waals surface area contributed by atoms with Gasteiger partial charge in [0.15, 0.2) is 0 Å². The Morgan fingerprint density at radius 1 is 1.12 bits per heavy atom. The number of carbonyl (C=O) groups excluding carboxylic acids is 2. The van der Waals surface area contributed by atoms with Crippen LogP contribution in [-0.4, -0.2) is 34.4 Å². The predicted molar refractivity (Wildman–Crippen MR) is 139 cm³/mol. The van der Waals surface area contributed by atoms with Crippen LogP contribution < -0.4 is 5.32 Å². The zero-order valence-electron chi connectivity index (χ0n) is 21.8. The first-order valence-electron chi connectivity index (χ1n) is 12.5. The summed E-state index contributed by atoms with van der Waals surface area (Å²) in [5.74, 6) is 1.00. The average Bonchev–Trinajstić information content (AvgIpc) is 3.15. The maximum Gasteiger partial charge on any atom is 0.222 e. The van der Waals surface area contributed by atoms with Crippen molar-refractivity contribution in [2.24, 2.45) is 23.2 Å². The van der Waals surface area contributed by atoms with Crippen LogP contribution in [0.2, 0.25) is 0 Å². The molecular weight excluding hydrogens is 432 g/mol. The van der Waals surface area contributed by atoms with Crippen LogP contribution in [0.5, 0.6) is 0 Å². The number of carbonyl (C=O) groups is 2. The molecule has 2 heterocycles. The van der Waals surface area contributed by atoms with E-state index < -0.39 is 11.5 Å². The fourth-order valence-electron chi connectivity index (χ4n) is 4.40. The molecule has 188 valence electrons. The van der Waals surface area contributed by atoms with Crippen LogP contribution in [0.25, 0.3) is 6.08 Å². The van der Waals surface area contributed by atoms with Crippen molar-refractivity contribution in [3.05, 3.63) is 22.2 Å². The van der Waals surface area contributed by atoms with Crippen molar-refractivity contribution < 1.29 is 14.7 Å². The molecule has 1 aromatic rings. The molecule has 0 saturated carbocycles. The lowest BCUT2D eigenvalue weighted by molar-refractivity contribution is -0.139. The van der Waals surface area contributed by atoms with Crippen molar-refractivity contribution in [1.82, 2.24) is 10.3 Å². The Bertz CT molecular complexity index is 756. The molecule has 0 bridgehead atoms. The third-order valence-electron chi connectivity index (χ3n) is 6.61. The molecular formula is C27H46N2O3S. The number of aliphatic hydroxyl groups is 1. The second kappa shape index (κ2) is 14.7. The summed E-state index contributed by atoms with van der Waals surface area (Å²) in [6.45, 7) is 14.6. The standard InChI is InChI=1S/C20H37NO3.C7H9NS/c1-14-8-6-9-15(2)12-16(3)19(24)20(4,5)17(22)13-18(23)21-11-7-10-14;1-3-4-7-5-9-6(2)8-7/h14-17,22H,6-13H2,1-5H3,(H,21,23);3-5H,1-2H3/b;4-3-. The van der Waals surface area contributed by atoms with E-state index in [1.54, 1.807) is 25.2 Å². The summed E-state index contributed by atoms with van der Waals surface area (Å²) in [6, 6.07) is 0. The number of amides is 1. The predicted octanol–water partition coefficient (Wildman–Crippen LogP) is 6.20. The van der Waals surface area contributed by atoms with Gasteiger partial charge < -0.3 is 10.4 Å². The van der Waals surface area contributed by atoms with Crippen LogP contribution in [-0.2, 0) is 9.59 Å². The lowest BCUT2D eigenvalue weighted by Gasteiger charge is -2.32. The Labute approximate surface area is 205 Å². The number of aryl methyl sites for hydroxylation is 1. The number of aliphatic hydroxyl groups excluding tert-OH is 1. The van der Waals surface area contributed by atoms with Gasteiger partial charge in [-0.15, -0.1) is 11.3 Å². The highest BCUT2D eigenvalue weighted by Crippen LogP contribution is 2.31. The monoisotopic (exact) mass is 478 g/mol. The summed E-state index contributed by atoms with van der Waals surface area (Å²) in [5, 5.41) is 16.5. The molecule has 5 nitrogen and oxygen atoms in total. The molecule has 1 aliphatic rings. The Morgan fingerprint density at radius 3 is 2.36 bits per heavy atom. The van der Waals surface area contributed by atoms with Crippen LogP contribution in [0.15, 0.2) is 11.5 Å². The molecule has 1 amide bonds. The van der Waals surface area contributed by atoms with Gasteiger partial charge in [0, 0.05) is 17.8 Å². The van der Waals surface area contributed by atoms with Gasteiger partial charge in [-0.3, -0.25) is 9.59 Å². The Kier molecular flexibility index (Phi) is 13.1. The van der Waals surface area contributed by atoms with Crippen molar-refractivity contribution >= 4 is 29.1 Å². The summed E-state index contributed by atoms with van der Waals surface area (Å²) in [6.07, 6.45) is 9.57. The number of rotatable bonds is 1. The third-order valence-corrected chi connectivity index (χ3v) is 7.41. The Morgan fingerprint density at radius 2 is 1.76 bits per heavy atom. The minimum Gasteiger partial charge on any atom is -0.392 e. The number of hydrogen-bond donors (Lipinski definition) is 2. The quantitative estimate of drug-likeness (QED) is 0.504. The summed E-state index contributed by atoms with van der Waals surface area (Å²) < 4.78 is 0. The average molecular weight is 479 g/mol. The first kappa shape index (κ1) is 29.5. The SMILES string of the molecule is C/C=C\c1csc(C)n1.CC1CCCNC(=O)CC(O)C(C)(C)C(=O)C(C)CC(C)CCC1. The number of aromatic nitrogens is 1. The molecule has 6 heteroatoms. The maximum absolute atomic E-state index is 12.8. The van der Waals surface area contributed by atoms with E-state index in [1.807, 2.05) is 32.9 Å². The number of thiazole rings is 1. The van der Waals surface area contributed by atoms with Gasteiger partial charge in [0.25, 0.3) is 0 Å². The van der Waals surface area contributed by atoms with Crippen molar-refractivity contribution in [2.75, 3.05) is 6.54 Å². The van der Waals surface area contributed by atoms with Gasteiger partial charge in [-0.05, 0) is 51.0 Å². The molecule has 0 aliphatic carbocycles. The fraction of sp³-hybridized carbons (Fsp3) is 0.741. The second-order valence-electron chi connectivity index (χ2n) is 10.4. The zero-order valence-corrected chi connectivity index (χ0v) is 22.6. The minimum atomic E-state index is -0.936. The number of nitrogens with zero attached hydrogens (tertiary/aromatic N) is 1. The van der Waals surface area contributed by atoms with E-state index in [1.165, 1.54) is 12.8 Å². The van der Waals surface area contributed by atoms with Crippen LogP contribution >= 0.6 is 11.3 Å². The lowest BCUT2D eigenvalue weighted by Crippen LogP contribution is -2.43. The maximum atomic E-state index is 12.8. The van der Waals surface area contributed by atoms with Gasteiger partial charge in [0.05, 0.1) is 28.6 Å². The van der Waals surface area contributed by atoms with Gasteiger partial charge in [-0.2, -0.15) is 0 Å². The normalized spacial score (nSPS) is 28.1. The van der Waals surface area contributed by atoms with Crippen molar-refractivity contribution in [1.29, 1.82) is 0 Å². The van der Waals surface area contributed by atoms with Crippen molar-refractivity contribution in [2.45, 2.75) is 99.5 Å². The Hall–Kier alpha value is -1.53. The molecule has 1 saturated heterocycles. The van der Waals surface area contributed by atoms with Crippen molar-refractivity contribution in [3.63, 3.8) is 0 Å². The summed E-state index contributed by atoms with van der Waals surface area (Å²) in [4.78, 5) is 29.0. The summed E-state index contributed by atoms with van der Waals surface area (Å²) in [5.41, 5.74) is 0.183. The molecule has 0 aromatic carbocycles. The molecule has 2 rings (SSSR count). The van der Waals surface area contributed by atoms with E-state index in [0.717, 1.165) is 36.4 Å². The molecule has 0 radical (unpaired) electrons. The molecule has 33 heavy (non-hydrogen) atoms. The second-order valence-corrected chi connectivity index (χ2v) is 11.4. The smallest absolute Gasteiger partial charge is 0.222 e. The lowest BCUT2D eigenvalue weighted by atomic mass is 9.74. The van der Waals surface area contributed by atoms with E-state index >= 15 is 0 Å². The first-order valence-corrected chi connectivity index (χ1v) is 13.4. The molecule has 4 unspecified atom stereocenters. The highest BCUT2D eigenvalue weighted by atomic mass is 32.1. The van der Waals surface area contributed by atoms with E-state index in [2.05, 4.69) is 29.5 Å². The summed E-state index contributed by atoms with van der Waals surface area (Å²) >= 11 is 1.68. The third kappa shape index (κ3) is 11.0. The fourth-order valence-corrected chi connectivity index (χ4v) is 4.98. The highest BCUT2D eigenvalue weighted by molar-refractivity contribution is 7.09. The largest absolute Gasteiger partial charge is 0.392 e. The van der Waals surface area contributed by atoms with Crippen LogP contribution in [0.3, 0.4) is 0 Å². The Balaban J connectivity index is 0.000000502. The number of nitrogens with one attached hydrogen (secondary N) is 1. The number of ketones is 1. The topological polar surface area (TPSA) is 79.3 Å². The van der Waals surface area contributed by atoms with E-state index in [-0.39, 0.29) is 24.0 Å². The number of Topliss-reactive ketones (excluding diaryl/α,β-unsaturated/α-hetero) is 1. The molecule has 1 aromatic heterocycles. The van der Waals surface area contributed by atoms with E-state index in [0.29, 0.717) is 18.4 Å². The molecule has 4 atom stereocenters.